The highest BCUT2D eigenvalue weighted by Gasteiger charge is 2.32. The molecule has 2 N–H and O–H groups in total. The van der Waals surface area contributed by atoms with Crippen molar-refractivity contribution in [3.8, 4) is 0 Å². The molecule has 1 aliphatic rings. The quantitative estimate of drug-likeness (QED) is 0.888. The van der Waals surface area contributed by atoms with Gasteiger partial charge in [-0.05, 0) is 30.4 Å². The first-order valence-corrected chi connectivity index (χ1v) is 7.38. The van der Waals surface area contributed by atoms with Gasteiger partial charge in [-0.15, -0.1) is 0 Å². The van der Waals surface area contributed by atoms with Crippen molar-refractivity contribution in [1.29, 1.82) is 0 Å². The third-order valence-electron chi connectivity index (χ3n) is 4.10. The van der Waals surface area contributed by atoms with Crippen molar-refractivity contribution in [2.24, 2.45) is 5.92 Å². The Kier molecular flexibility index (Phi) is 4.94. The molecule has 5 heteroatoms. The summed E-state index contributed by atoms with van der Waals surface area (Å²) in [5.74, 6) is 0.499. The van der Waals surface area contributed by atoms with Gasteiger partial charge in [-0.3, -0.25) is 0 Å². The van der Waals surface area contributed by atoms with E-state index in [1.807, 2.05) is 0 Å². The van der Waals surface area contributed by atoms with Crippen LogP contribution in [0.4, 0.5) is 13.2 Å². The minimum absolute atomic E-state index is 0.334. The first-order chi connectivity index (χ1) is 9.78. The summed E-state index contributed by atoms with van der Waals surface area (Å²) in [5, 5.41) is 13.6. The Hall–Kier alpha value is -1.07. The van der Waals surface area contributed by atoms with E-state index in [2.05, 4.69) is 12.2 Å². The summed E-state index contributed by atoms with van der Waals surface area (Å²) in [6, 6.07) is 5.30. The highest BCUT2D eigenvalue weighted by atomic mass is 19.4. The van der Waals surface area contributed by atoms with Crippen LogP contribution in [-0.4, -0.2) is 17.3 Å². The fourth-order valence-electron chi connectivity index (χ4n) is 3.09. The minimum Gasteiger partial charge on any atom is -0.389 e. The van der Waals surface area contributed by atoms with E-state index < -0.39 is 17.3 Å². The zero-order valence-electron chi connectivity index (χ0n) is 12.2. The van der Waals surface area contributed by atoms with Crippen LogP contribution in [-0.2, 0) is 12.7 Å². The maximum atomic E-state index is 12.6. The van der Waals surface area contributed by atoms with E-state index in [9.17, 15) is 18.3 Å². The van der Waals surface area contributed by atoms with Crippen molar-refractivity contribution >= 4 is 0 Å². The Balaban J connectivity index is 1.89. The molecular weight excluding hydrogens is 279 g/mol. The molecule has 0 bridgehead atoms. The van der Waals surface area contributed by atoms with Gasteiger partial charge in [-0.1, -0.05) is 38.0 Å². The summed E-state index contributed by atoms with van der Waals surface area (Å²) in [7, 11) is 0. The monoisotopic (exact) mass is 301 g/mol. The second-order valence-electron chi connectivity index (χ2n) is 6.23. The average Bonchev–Trinajstić information content (AvgIpc) is 2.37. The predicted octanol–water partition coefficient (Wildman–Crippen LogP) is 3.74. The molecule has 118 valence electrons. The standard InChI is InChI=1S/C16H22F3NO/c1-12-4-3-7-15(21,9-12)11-20-10-13-5-2-6-14(8-13)16(17,18)19/h2,5-6,8,12,20-21H,3-4,7,9-11H2,1H3. The number of alkyl halides is 3. The summed E-state index contributed by atoms with van der Waals surface area (Å²) < 4.78 is 37.9. The zero-order chi connectivity index (χ0) is 15.5. The van der Waals surface area contributed by atoms with Crippen molar-refractivity contribution in [2.45, 2.75) is 50.9 Å². The normalized spacial score (nSPS) is 26.8. The molecule has 1 fully saturated rings. The van der Waals surface area contributed by atoms with Gasteiger partial charge in [0.05, 0.1) is 11.2 Å². The molecule has 2 unspecified atom stereocenters. The third kappa shape index (κ3) is 4.71. The lowest BCUT2D eigenvalue weighted by atomic mass is 9.79. The smallest absolute Gasteiger partial charge is 0.389 e. The van der Waals surface area contributed by atoms with E-state index in [1.54, 1.807) is 6.07 Å². The Morgan fingerprint density at radius 3 is 2.81 bits per heavy atom. The van der Waals surface area contributed by atoms with Gasteiger partial charge in [0.15, 0.2) is 0 Å². The summed E-state index contributed by atoms with van der Waals surface area (Å²) in [4.78, 5) is 0. The van der Waals surface area contributed by atoms with Crippen molar-refractivity contribution in [3.05, 3.63) is 35.4 Å². The maximum Gasteiger partial charge on any atom is 0.416 e. The lowest BCUT2D eigenvalue weighted by Gasteiger charge is -2.35. The Bertz CT molecular complexity index is 475. The molecule has 1 aromatic rings. The fourth-order valence-corrected chi connectivity index (χ4v) is 3.09. The molecule has 2 atom stereocenters. The Morgan fingerprint density at radius 1 is 1.38 bits per heavy atom. The highest BCUT2D eigenvalue weighted by Crippen LogP contribution is 2.32. The molecule has 0 radical (unpaired) electrons. The molecule has 1 saturated carbocycles. The van der Waals surface area contributed by atoms with Crippen molar-refractivity contribution in [3.63, 3.8) is 0 Å². The molecule has 21 heavy (non-hydrogen) atoms. The molecule has 0 amide bonds. The lowest BCUT2D eigenvalue weighted by molar-refractivity contribution is -0.137. The topological polar surface area (TPSA) is 32.3 Å². The first kappa shape index (κ1) is 16.3. The molecule has 0 aromatic heterocycles. The van der Waals surface area contributed by atoms with Crippen LogP contribution in [0.2, 0.25) is 0 Å². The molecular formula is C16H22F3NO. The van der Waals surface area contributed by atoms with E-state index in [-0.39, 0.29) is 0 Å². The van der Waals surface area contributed by atoms with Gasteiger partial charge in [0.25, 0.3) is 0 Å². The predicted molar refractivity (Wildman–Crippen MR) is 75.7 cm³/mol. The van der Waals surface area contributed by atoms with E-state index >= 15 is 0 Å². The second kappa shape index (κ2) is 6.36. The summed E-state index contributed by atoms with van der Waals surface area (Å²) >= 11 is 0. The summed E-state index contributed by atoms with van der Waals surface area (Å²) in [6.45, 7) is 2.88. The molecule has 1 aliphatic carbocycles. The summed E-state index contributed by atoms with van der Waals surface area (Å²) in [6.07, 6.45) is -0.665. The molecule has 0 heterocycles. The van der Waals surface area contributed by atoms with E-state index in [0.29, 0.717) is 24.6 Å². The van der Waals surface area contributed by atoms with Crippen LogP contribution in [0.1, 0.15) is 43.7 Å². The molecule has 2 nitrogen and oxygen atoms in total. The number of benzene rings is 1. The largest absolute Gasteiger partial charge is 0.416 e. The van der Waals surface area contributed by atoms with Gasteiger partial charge >= 0.3 is 6.18 Å². The lowest BCUT2D eigenvalue weighted by Crippen LogP contribution is -2.43. The van der Waals surface area contributed by atoms with Crippen LogP contribution in [0.25, 0.3) is 0 Å². The van der Waals surface area contributed by atoms with Gasteiger partial charge in [0.1, 0.15) is 0 Å². The van der Waals surface area contributed by atoms with Crippen LogP contribution in [0.5, 0.6) is 0 Å². The molecule has 0 aliphatic heterocycles. The van der Waals surface area contributed by atoms with Crippen LogP contribution in [0.3, 0.4) is 0 Å². The zero-order valence-corrected chi connectivity index (χ0v) is 12.2. The fraction of sp³-hybridized carbons (Fsp3) is 0.625. The van der Waals surface area contributed by atoms with Crippen LogP contribution >= 0.6 is 0 Å². The van der Waals surface area contributed by atoms with Crippen molar-refractivity contribution in [2.75, 3.05) is 6.54 Å². The number of halogens is 3. The van der Waals surface area contributed by atoms with Gasteiger partial charge in [0.2, 0.25) is 0 Å². The number of hydrogen-bond donors (Lipinski definition) is 2. The third-order valence-corrected chi connectivity index (χ3v) is 4.10. The van der Waals surface area contributed by atoms with E-state index in [1.165, 1.54) is 6.07 Å². The number of aliphatic hydroxyl groups is 1. The number of nitrogens with one attached hydrogen (secondary N) is 1. The van der Waals surface area contributed by atoms with E-state index in [4.69, 9.17) is 0 Å². The molecule has 0 spiro atoms. The number of hydrogen-bond acceptors (Lipinski definition) is 2. The Labute approximate surface area is 123 Å². The van der Waals surface area contributed by atoms with Crippen molar-refractivity contribution in [1.82, 2.24) is 5.32 Å². The molecule has 1 aromatic carbocycles. The highest BCUT2D eigenvalue weighted by molar-refractivity contribution is 5.25. The number of rotatable bonds is 4. The van der Waals surface area contributed by atoms with Crippen LogP contribution in [0, 0.1) is 5.92 Å². The average molecular weight is 301 g/mol. The van der Waals surface area contributed by atoms with Crippen LogP contribution in [0.15, 0.2) is 24.3 Å². The summed E-state index contributed by atoms with van der Waals surface area (Å²) in [5.41, 5.74) is -0.775. The maximum absolute atomic E-state index is 12.6. The first-order valence-electron chi connectivity index (χ1n) is 7.38. The van der Waals surface area contributed by atoms with Crippen molar-refractivity contribution < 1.29 is 18.3 Å². The second-order valence-corrected chi connectivity index (χ2v) is 6.23. The molecule has 0 saturated heterocycles. The van der Waals surface area contributed by atoms with Gasteiger partial charge in [-0.2, -0.15) is 13.2 Å². The van der Waals surface area contributed by atoms with Crippen LogP contribution < -0.4 is 5.32 Å². The van der Waals surface area contributed by atoms with Gasteiger partial charge in [-0.25, -0.2) is 0 Å². The van der Waals surface area contributed by atoms with E-state index in [0.717, 1.165) is 37.8 Å². The minimum atomic E-state index is -4.31. The Morgan fingerprint density at radius 2 is 2.14 bits per heavy atom. The van der Waals surface area contributed by atoms with Gasteiger partial charge < -0.3 is 10.4 Å². The van der Waals surface area contributed by atoms with Gasteiger partial charge in [0, 0.05) is 13.1 Å². The molecule has 2 rings (SSSR count). The SMILES string of the molecule is CC1CCCC(O)(CNCc2cccc(C(F)(F)F)c2)C1.